The van der Waals surface area contributed by atoms with Gasteiger partial charge in [-0.15, -0.1) is 11.8 Å². The van der Waals surface area contributed by atoms with Crippen LogP contribution in [0.5, 0.6) is 0 Å². The molecule has 0 aliphatic carbocycles. The number of carbonyl (C=O) groups is 2. The van der Waals surface area contributed by atoms with E-state index in [0.717, 1.165) is 24.0 Å². The average molecular weight is 455 g/mol. The first-order valence-corrected chi connectivity index (χ1v) is 11.4. The Morgan fingerprint density at radius 3 is 2.38 bits per heavy atom. The van der Waals surface area contributed by atoms with Gasteiger partial charge in [0, 0.05) is 18.7 Å². The predicted octanol–water partition coefficient (Wildman–Crippen LogP) is 4.42. The summed E-state index contributed by atoms with van der Waals surface area (Å²) in [5, 5.41) is 28.9. The fourth-order valence-electron chi connectivity index (χ4n) is 3.51. The SMILES string of the molecule is CCCCc1nc(SCCO)c(C(=O)O)n1Cc1ccc(-c2ccccc2C(=O)O)cc1. The van der Waals surface area contributed by atoms with E-state index >= 15 is 0 Å². The molecule has 2 aromatic carbocycles. The molecule has 0 saturated carbocycles. The van der Waals surface area contributed by atoms with Crippen LogP contribution in [0.15, 0.2) is 53.6 Å². The predicted molar refractivity (Wildman–Crippen MR) is 124 cm³/mol. The monoisotopic (exact) mass is 454 g/mol. The molecule has 3 N–H and O–H groups in total. The van der Waals surface area contributed by atoms with Crippen molar-refractivity contribution in [1.82, 2.24) is 9.55 Å². The summed E-state index contributed by atoms with van der Waals surface area (Å²) in [5.74, 6) is -0.942. The van der Waals surface area contributed by atoms with Crippen molar-refractivity contribution < 1.29 is 24.9 Å². The Morgan fingerprint density at radius 2 is 1.75 bits per heavy atom. The lowest BCUT2D eigenvalue weighted by atomic mass is 9.99. The number of aryl methyl sites for hydroxylation is 1. The van der Waals surface area contributed by atoms with Gasteiger partial charge in [0.1, 0.15) is 10.9 Å². The lowest BCUT2D eigenvalue weighted by Crippen LogP contribution is -2.13. The van der Waals surface area contributed by atoms with Crippen molar-refractivity contribution in [2.45, 2.75) is 37.8 Å². The van der Waals surface area contributed by atoms with Crippen LogP contribution in [0.1, 0.15) is 52.0 Å². The number of aliphatic hydroxyl groups excluding tert-OH is 1. The molecule has 0 amide bonds. The molecule has 0 atom stereocenters. The minimum atomic E-state index is -1.05. The summed E-state index contributed by atoms with van der Waals surface area (Å²) in [6, 6.07) is 14.3. The van der Waals surface area contributed by atoms with Gasteiger partial charge in [-0.3, -0.25) is 0 Å². The van der Waals surface area contributed by atoms with Crippen LogP contribution >= 0.6 is 11.8 Å². The first-order valence-electron chi connectivity index (χ1n) is 10.4. The van der Waals surface area contributed by atoms with E-state index in [1.54, 1.807) is 28.8 Å². The van der Waals surface area contributed by atoms with E-state index in [-0.39, 0.29) is 17.9 Å². The third-order valence-electron chi connectivity index (χ3n) is 5.06. The fourth-order valence-corrected chi connectivity index (χ4v) is 4.30. The number of carboxylic acid groups (broad SMARTS) is 2. The summed E-state index contributed by atoms with van der Waals surface area (Å²) in [7, 11) is 0. The third kappa shape index (κ3) is 5.38. The summed E-state index contributed by atoms with van der Waals surface area (Å²) in [6.07, 6.45) is 2.53. The number of thioether (sulfide) groups is 1. The topological polar surface area (TPSA) is 113 Å². The van der Waals surface area contributed by atoms with Gasteiger partial charge in [0.05, 0.1) is 12.2 Å². The van der Waals surface area contributed by atoms with Gasteiger partial charge in [0.25, 0.3) is 0 Å². The second-order valence-corrected chi connectivity index (χ2v) is 8.38. The second-order valence-electron chi connectivity index (χ2n) is 7.30. The Morgan fingerprint density at radius 1 is 1.03 bits per heavy atom. The van der Waals surface area contributed by atoms with Crippen LogP contribution in [-0.4, -0.2) is 49.2 Å². The summed E-state index contributed by atoms with van der Waals surface area (Å²) in [5.41, 5.74) is 2.66. The van der Waals surface area contributed by atoms with Gasteiger partial charge < -0.3 is 19.9 Å². The Hall–Kier alpha value is -3.10. The Balaban J connectivity index is 1.95. The van der Waals surface area contributed by atoms with Crippen LogP contribution < -0.4 is 0 Å². The Labute approximate surface area is 190 Å². The Bertz CT molecular complexity index is 1090. The van der Waals surface area contributed by atoms with Gasteiger partial charge >= 0.3 is 11.9 Å². The second kappa shape index (κ2) is 11.0. The van der Waals surface area contributed by atoms with E-state index in [0.29, 0.717) is 35.1 Å². The number of hydrogen-bond donors (Lipinski definition) is 3. The number of carboxylic acids is 2. The maximum atomic E-state index is 12.0. The number of imidazole rings is 1. The number of rotatable bonds is 11. The van der Waals surface area contributed by atoms with E-state index in [2.05, 4.69) is 11.9 Å². The highest BCUT2D eigenvalue weighted by Gasteiger charge is 2.23. The zero-order valence-corrected chi connectivity index (χ0v) is 18.6. The maximum Gasteiger partial charge on any atom is 0.355 e. The first-order chi connectivity index (χ1) is 15.5. The van der Waals surface area contributed by atoms with Crippen molar-refractivity contribution in [3.63, 3.8) is 0 Å². The van der Waals surface area contributed by atoms with Crippen LogP contribution in [-0.2, 0) is 13.0 Å². The number of unbranched alkanes of at least 4 members (excludes halogenated alkanes) is 1. The van der Waals surface area contributed by atoms with Crippen LogP contribution in [0.3, 0.4) is 0 Å². The third-order valence-corrected chi connectivity index (χ3v) is 6.01. The number of aliphatic hydroxyl groups is 1. The van der Waals surface area contributed by atoms with E-state index in [1.165, 1.54) is 11.8 Å². The molecular weight excluding hydrogens is 428 g/mol. The van der Waals surface area contributed by atoms with Gasteiger partial charge in [0.2, 0.25) is 0 Å². The van der Waals surface area contributed by atoms with Crippen molar-refractivity contribution in [2.24, 2.45) is 0 Å². The van der Waals surface area contributed by atoms with Gasteiger partial charge in [-0.25, -0.2) is 14.6 Å². The molecule has 3 rings (SSSR count). The van der Waals surface area contributed by atoms with Gasteiger partial charge in [-0.05, 0) is 29.2 Å². The highest BCUT2D eigenvalue weighted by Crippen LogP contribution is 2.27. The molecule has 32 heavy (non-hydrogen) atoms. The standard InChI is InChI=1S/C24H26N2O5S/c1-2-3-8-20-25-22(32-14-13-27)21(24(30)31)26(20)15-16-9-11-17(12-10-16)18-6-4-5-7-19(18)23(28)29/h4-7,9-12,27H,2-3,8,13-15H2,1H3,(H,28,29)(H,30,31). The summed E-state index contributed by atoms with van der Waals surface area (Å²) in [4.78, 5) is 28.1. The molecule has 0 fully saturated rings. The Kier molecular flexibility index (Phi) is 8.08. The smallest absolute Gasteiger partial charge is 0.355 e. The largest absolute Gasteiger partial charge is 0.478 e. The number of hydrogen-bond acceptors (Lipinski definition) is 5. The van der Waals surface area contributed by atoms with Crippen LogP contribution in [0, 0.1) is 0 Å². The van der Waals surface area contributed by atoms with Crippen LogP contribution in [0.2, 0.25) is 0 Å². The highest BCUT2D eigenvalue weighted by atomic mass is 32.2. The molecule has 8 heteroatoms. The zero-order valence-electron chi connectivity index (χ0n) is 17.8. The molecule has 0 aliphatic heterocycles. The highest BCUT2D eigenvalue weighted by molar-refractivity contribution is 7.99. The van der Waals surface area contributed by atoms with Crippen molar-refractivity contribution in [3.05, 3.63) is 71.2 Å². The number of aromatic nitrogens is 2. The normalized spacial score (nSPS) is 10.9. The summed E-state index contributed by atoms with van der Waals surface area (Å²) >= 11 is 1.24. The molecule has 168 valence electrons. The van der Waals surface area contributed by atoms with E-state index in [9.17, 15) is 19.8 Å². The van der Waals surface area contributed by atoms with Gasteiger partial charge in [-0.1, -0.05) is 55.8 Å². The molecule has 7 nitrogen and oxygen atoms in total. The molecule has 0 spiro atoms. The fraction of sp³-hybridized carbons (Fsp3) is 0.292. The molecule has 0 aliphatic rings. The lowest BCUT2D eigenvalue weighted by Gasteiger charge is -2.12. The van der Waals surface area contributed by atoms with E-state index in [1.807, 2.05) is 24.3 Å². The number of benzene rings is 2. The van der Waals surface area contributed by atoms with Gasteiger partial charge in [-0.2, -0.15) is 0 Å². The summed E-state index contributed by atoms with van der Waals surface area (Å²) < 4.78 is 1.73. The first kappa shape index (κ1) is 23.6. The number of nitrogens with zero attached hydrogens (tertiary/aromatic N) is 2. The maximum absolute atomic E-state index is 12.0. The average Bonchev–Trinajstić information content (AvgIpc) is 3.13. The van der Waals surface area contributed by atoms with Crippen LogP contribution in [0.25, 0.3) is 11.1 Å². The van der Waals surface area contributed by atoms with Crippen molar-refractivity contribution in [3.8, 4) is 11.1 Å². The molecular formula is C24H26N2O5S. The zero-order chi connectivity index (χ0) is 23.1. The van der Waals surface area contributed by atoms with E-state index in [4.69, 9.17) is 5.11 Å². The molecule has 0 saturated heterocycles. The molecule has 1 heterocycles. The number of aromatic carboxylic acids is 2. The lowest BCUT2D eigenvalue weighted by molar-refractivity contribution is 0.0675. The van der Waals surface area contributed by atoms with Crippen molar-refractivity contribution in [1.29, 1.82) is 0 Å². The molecule has 0 bridgehead atoms. The molecule has 3 aromatic rings. The minimum absolute atomic E-state index is 0.0554. The van der Waals surface area contributed by atoms with E-state index < -0.39 is 11.9 Å². The van der Waals surface area contributed by atoms with Crippen molar-refractivity contribution >= 4 is 23.7 Å². The molecule has 0 radical (unpaired) electrons. The molecule has 1 aromatic heterocycles. The minimum Gasteiger partial charge on any atom is -0.478 e. The molecule has 0 unspecified atom stereocenters. The quantitative estimate of drug-likeness (QED) is 0.368. The van der Waals surface area contributed by atoms with Crippen molar-refractivity contribution in [2.75, 3.05) is 12.4 Å². The summed E-state index contributed by atoms with van der Waals surface area (Å²) in [6.45, 7) is 2.36. The van der Waals surface area contributed by atoms with Gasteiger partial charge in [0.15, 0.2) is 5.69 Å². The van der Waals surface area contributed by atoms with Crippen LogP contribution in [0.4, 0.5) is 0 Å².